The van der Waals surface area contributed by atoms with Crippen molar-refractivity contribution in [3.8, 4) is 0 Å². The normalized spacial score (nSPS) is 10.1. The molecule has 16 heavy (non-hydrogen) atoms. The Morgan fingerprint density at radius 1 is 1.50 bits per heavy atom. The Labute approximate surface area is 97.4 Å². The fraction of sp³-hybridized carbons (Fsp3) is 0.444. The molecule has 0 atom stereocenters. The van der Waals surface area contributed by atoms with Crippen LogP contribution in [0.1, 0.15) is 12.8 Å². The fourth-order valence-corrected chi connectivity index (χ4v) is 1.30. The number of nitro groups is 1. The zero-order chi connectivity index (χ0) is 12.0. The van der Waals surface area contributed by atoms with E-state index >= 15 is 0 Å². The highest BCUT2D eigenvalue weighted by Gasteiger charge is 2.14. The summed E-state index contributed by atoms with van der Waals surface area (Å²) in [4.78, 5) is 14.0. The van der Waals surface area contributed by atoms with Gasteiger partial charge in [-0.2, -0.15) is 0 Å². The minimum Gasteiger partial charge on any atom is -0.396 e. The van der Waals surface area contributed by atoms with Crippen LogP contribution in [0.3, 0.4) is 0 Å². The lowest BCUT2D eigenvalue weighted by Crippen LogP contribution is -2.06. The third kappa shape index (κ3) is 3.63. The summed E-state index contributed by atoms with van der Waals surface area (Å²) in [5.41, 5.74) is -0.103. The lowest BCUT2D eigenvalue weighted by Gasteiger charge is -2.05. The SMILES string of the molecule is O=[N+]([O-])c1ccc(Cl)nc1NCCCCO. The van der Waals surface area contributed by atoms with Gasteiger partial charge in [0.1, 0.15) is 5.15 Å². The first kappa shape index (κ1) is 12.7. The van der Waals surface area contributed by atoms with E-state index in [9.17, 15) is 10.1 Å². The number of nitrogens with zero attached hydrogens (tertiary/aromatic N) is 2. The monoisotopic (exact) mass is 245 g/mol. The molecule has 2 N–H and O–H groups in total. The van der Waals surface area contributed by atoms with Gasteiger partial charge in [0.15, 0.2) is 0 Å². The predicted molar refractivity (Wildman–Crippen MR) is 60.7 cm³/mol. The van der Waals surface area contributed by atoms with Crippen LogP contribution in [0.5, 0.6) is 0 Å². The zero-order valence-corrected chi connectivity index (χ0v) is 9.28. The van der Waals surface area contributed by atoms with Crippen LogP contribution in [-0.2, 0) is 0 Å². The highest BCUT2D eigenvalue weighted by molar-refractivity contribution is 6.29. The predicted octanol–water partition coefficient (Wildman–Crippen LogP) is 1.83. The van der Waals surface area contributed by atoms with Crippen LogP contribution in [0.2, 0.25) is 5.15 Å². The number of pyridine rings is 1. The highest BCUT2D eigenvalue weighted by atomic mass is 35.5. The van der Waals surface area contributed by atoms with Gasteiger partial charge in [0.25, 0.3) is 0 Å². The van der Waals surface area contributed by atoms with Gasteiger partial charge in [-0.3, -0.25) is 10.1 Å². The molecular weight excluding hydrogens is 234 g/mol. The van der Waals surface area contributed by atoms with Crippen LogP contribution in [0.15, 0.2) is 12.1 Å². The number of aliphatic hydroxyl groups excluding tert-OH is 1. The average Bonchev–Trinajstić information content (AvgIpc) is 2.24. The molecule has 0 radical (unpaired) electrons. The van der Waals surface area contributed by atoms with Gasteiger partial charge in [0, 0.05) is 19.2 Å². The maximum atomic E-state index is 10.7. The molecule has 1 rings (SSSR count). The Bertz CT molecular complexity index is 373. The van der Waals surface area contributed by atoms with E-state index in [1.807, 2.05) is 0 Å². The second-order valence-electron chi connectivity index (χ2n) is 3.12. The van der Waals surface area contributed by atoms with Crippen molar-refractivity contribution in [3.63, 3.8) is 0 Å². The van der Waals surface area contributed by atoms with Gasteiger partial charge in [-0.15, -0.1) is 0 Å². The maximum Gasteiger partial charge on any atom is 0.311 e. The molecule has 0 fully saturated rings. The number of rotatable bonds is 6. The second kappa shape index (κ2) is 6.24. The van der Waals surface area contributed by atoms with E-state index in [1.54, 1.807) is 0 Å². The van der Waals surface area contributed by atoms with Gasteiger partial charge in [-0.1, -0.05) is 11.6 Å². The van der Waals surface area contributed by atoms with Crippen LogP contribution in [0.4, 0.5) is 11.5 Å². The Morgan fingerprint density at radius 3 is 2.88 bits per heavy atom. The van der Waals surface area contributed by atoms with E-state index in [0.717, 1.165) is 0 Å². The summed E-state index contributed by atoms with van der Waals surface area (Å²) >= 11 is 5.65. The standard InChI is InChI=1S/C9H12ClN3O3/c10-8-4-3-7(13(15)16)9(12-8)11-5-1-2-6-14/h3-4,14H,1-2,5-6H2,(H,11,12). The van der Waals surface area contributed by atoms with E-state index in [2.05, 4.69) is 10.3 Å². The molecule has 0 aliphatic rings. The molecule has 0 aliphatic carbocycles. The van der Waals surface area contributed by atoms with E-state index in [1.165, 1.54) is 12.1 Å². The zero-order valence-electron chi connectivity index (χ0n) is 8.52. The third-order valence-electron chi connectivity index (χ3n) is 1.91. The number of halogens is 1. The molecule has 7 heteroatoms. The number of nitrogens with one attached hydrogen (secondary N) is 1. The van der Waals surface area contributed by atoms with Crippen molar-refractivity contribution in [1.82, 2.24) is 4.98 Å². The number of aliphatic hydroxyl groups is 1. The van der Waals surface area contributed by atoms with Crippen molar-refractivity contribution in [2.24, 2.45) is 0 Å². The first-order chi connectivity index (χ1) is 7.65. The highest BCUT2D eigenvalue weighted by Crippen LogP contribution is 2.23. The van der Waals surface area contributed by atoms with E-state index < -0.39 is 4.92 Å². The maximum absolute atomic E-state index is 10.7. The molecular formula is C9H12ClN3O3. The van der Waals surface area contributed by atoms with E-state index in [0.29, 0.717) is 19.4 Å². The molecule has 0 bridgehead atoms. The largest absolute Gasteiger partial charge is 0.396 e. The van der Waals surface area contributed by atoms with Crippen molar-refractivity contribution >= 4 is 23.1 Å². The lowest BCUT2D eigenvalue weighted by molar-refractivity contribution is -0.384. The summed E-state index contributed by atoms with van der Waals surface area (Å²) in [6, 6.07) is 2.68. The molecule has 1 heterocycles. The number of hydrogen-bond donors (Lipinski definition) is 2. The summed E-state index contributed by atoms with van der Waals surface area (Å²) in [5, 5.41) is 22.3. The number of aromatic nitrogens is 1. The summed E-state index contributed by atoms with van der Waals surface area (Å²) in [6.45, 7) is 0.613. The lowest BCUT2D eigenvalue weighted by atomic mass is 10.3. The number of unbranched alkanes of at least 4 members (excludes halogenated alkanes) is 1. The summed E-state index contributed by atoms with van der Waals surface area (Å²) in [5.74, 6) is 0.162. The Balaban J connectivity index is 2.68. The van der Waals surface area contributed by atoms with E-state index in [4.69, 9.17) is 16.7 Å². The molecule has 0 spiro atoms. The molecule has 1 aromatic heterocycles. The summed E-state index contributed by atoms with van der Waals surface area (Å²) < 4.78 is 0. The van der Waals surface area contributed by atoms with Crippen LogP contribution in [-0.4, -0.2) is 28.2 Å². The summed E-state index contributed by atoms with van der Waals surface area (Å²) in [7, 11) is 0. The van der Waals surface area contributed by atoms with Crippen LogP contribution in [0, 0.1) is 10.1 Å². The number of anilines is 1. The van der Waals surface area contributed by atoms with Crippen LogP contribution < -0.4 is 5.32 Å². The fourth-order valence-electron chi connectivity index (χ4n) is 1.15. The van der Waals surface area contributed by atoms with Gasteiger partial charge in [-0.25, -0.2) is 4.98 Å². The number of hydrogen-bond acceptors (Lipinski definition) is 5. The second-order valence-corrected chi connectivity index (χ2v) is 3.50. The molecule has 1 aromatic rings. The Morgan fingerprint density at radius 2 is 2.25 bits per heavy atom. The molecule has 88 valence electrons. The quantitative estimate of drug-likeness (QED) is 0.345. The Kier molecular flexibility index (Phi) is 4.94. The van der Waals surface area contributed by atoms with Crippen molar-refractivity contribution in [2.45, 2.75) is 12.8 Å². The minimum absolute atomic E-state index is 0.103. The van der Waals surface area contributed by atoms with Gasteiger partial charge < -0.3 is 10.4 Å². The van der Waals surface area contributed by atoms with Crippen molar-refractivity contribution in [2.75, 3.05) is 18.5 Å². The van der Waals surface area contributed by atoms with Crippen LogP contribution in [0.25, 0.3) is 0 Å². The van der Waals surface area contributed by atoms with Crippen molar-refractivity contribution in [1.29, 1.82) is 0 Å². The molecule has 0 unspecified atom stereocenters. The molecule has 0 amide bonds. The third-order valence-corrected chi connectivity index (χ3v) is 2.12. The van der Waals surface area contributed by atoms with Gasteiger partial charge in [0.2, 0.25) is 5.82 Å². The average molecular weight is 246 g/mol. The topological polar surface area (TPSA) is 88.3 Å². The minimum atomic E-state index is -0.516. The Hall–Kier alpha value is -1.40. The molecule has 0 saturated heterocycles. The van der Waals surface area contributed by atoms with Crippen molar-refractivity contribution < 1.29 is 10.0 Å². The van der Waals surface area contributed by atoms with E-state index in [-0.39, 0.29) is 23.3 Å². The van der Waals surface area contributed by atoms with Gasteiger partial charge in [0.05, 0.1) is 4.92 Å². The molecule has 6 nitrogen and oxygen atoms in total. The first-order valence-corrected chi connectivity index (χ1v) is 5.18. The van der Waals surface area contributed by atoms with Crippen molar-refractivity contribution in [3.05, 3.63) is 27.4 Å². The molecule has 0 aliphatic heterocycles. The first-order valence-electron chi connectivity index (χ1n) is 4.81. The smallest absolute Gasteiger partial charge is 0.311 e. The molecule has 0 aromatic carbocycles. The van der Waals surface area contributed by atoms with Gasteiger partial charge in [-0.05, 0) is 18.9 Å². The summed E-state index contributed by atoms with van der Waals surface area (Å²) in [6.07, 6.45) is 1.35. The van der Waals surface area contributed by atoms with Gasteiger partial charge >= 0.3 is 5.69 Å². The van der Waals surface area contributed by atoms with Crippen LogP contribution >= 0.6 is 11.6 Å². The molecule has 0 saturated carbocycles.